The Morgan fingerprint density at radius 1 is 1.44 bits per heavy atom. The Morgan fingerprint density at radius 2 is 2.28 bits per heavy atom. The molecule has 2 fully saturated rings. The number of rotatable bonds is 4. The van der Waals surface area contributed by atoms with E-state index >= 15 is 0 Å². The molecule has 2 heterocycles. The topological polar surface area (TPSA) is 27.7 Å². The monoisotopic (exact) mass is 271 g/mol. The molecule has 0 aliphatic carbocycles. The molecule has 104 valence electrons. The highest BCUT2D eigenvalue weighted by Crippen LogP contribution is 2.24. The van der Waals surface area contributed by atoms with E-state index in [1.165, 1.54) is 19.4 Å². The molecule has 0 bridgehead atoms. The minimum atomic E-state index is 0.529. The normalized spacial score (nSPS) is 28.2. The summed E-state index contributed by atoms with van der Waals surface area (Å²) in [5.41, 5.74) is 0. The Labute approximate surface area is 116 Å². The molecule has 0 aromatic rings. The van der Waals surface area contributed by atoms with Gasteiger partial charge in [-0.05, 0) is 44.9 Å². The van der Waals surface area contributed by atoms with Gasteiger partial charge in [-0.2, -0.15) is 0 Å². The fourth-order valence-electron chi connectivity index (χ4n) is 2.98. The van der Waals surface area contributed by atoms with Crippen LogP contribution in [0.5, 0.6) is 0 Å². The highest BCUT2D eigenvalue weighted by Gasteiger charge is 2.35. The second-order valence-electron chi connectivity index (χ2n) is 5.37. The molecule has 2 aliphatic rings. The van der Waals surface area contributed by atoms with Crippen LogP contribution in [0.4, 0.5) is 0 Å². The van der Waals surface area contributed by atoms with Crippen molar-refractivity contribution < 1.29 is 4.74 Å². The van der Waals surface area contributed by atoms with Crippen molar-refractivity contribution in [3.8, 4) is 0 Å². The van der Waals surface area contributed by atoms with Gasteiger partial charge in [0.25, 0.3) is 0 Å². The lowest BCUT2D eigenvalue weighted by Gasteiger charge is -2.43. The fraction of sp³-hybridized carbons (Fsp3) is 0.923. The third-order valence-electron chi connectivity index (χ3n) is 4.00. The summed E-state index contributed by atoms with van der Waals surface area (Å²) in [5, 5.41) is 4.28. The van der Waals surface area contributed by atoms with E-state index in [4.69, 9.17) is 17.0 Å². The van der Waals surface area contributed by atoms with Crippen LogP contribution in [0.3, 0.4) is 0 Å². The van der Waals surface area contributed by atoms with E-state index in [0.717, 1.165) is 43.8 Å². The molecule has 0 amide bonds. The van der Waals surface area contributed by atoms with Crippen LogP contribution in [0.25, 0.3) is 0 Å². The second-order valence-corrected chi connectivity index (χ2v) is 5.76. The van der Waals surface area contributed by atoms with E-state index in [1.807, 2.05) is 0 Å². The van der Waals surface area contributed by atoms with Gasteiger partial charge in [-0.15, -0.1) is 0 Å². The van der Waals surface area contributed by atoms with Gasteiger partial charge in [0.1, 0.15) is 0 Å². The fourth-order valence-corrected chi connectivity index (χ4v) is 3.34. The highest BCUT2D eigenvalue weighted by molar-refractivity contribution is 7.80. The van der Waals surface area contributed by atoms with Gasteiger partial charge in [0.2, 0.25) is 0 Å². The van der Waals surface area contributed by atoms with Crippen LogP contribution in [0.2, 0.25) is 0 Å². The van der Waals surface area contributed by atoms with Gasteiger partial charge in [-0.25, -0.2) is 0 Å². The number of ether oxygens (including phenoxy) is 1. The van der Waals surface area contributed by atoms with Crippen molar-refractivity contribution in [1.82, 2.24) is 15.1 Å². The Bertz CT molecular complexity index is 287. The molecule has 0 aromatic heterocycles. The van der Waals surface area contributed by atoms with Gasteiger partial charge in [0.05, 0.1) is 0 Å². The number of nitrogens with one attached hydrogen (secondary N) is 1. The summed E-state index contributed by atoms with van der Waals surface area (Å²) < 4.78 is 5.04. The van der Waals surface area contributed by atoms with Crippen LogP contribution >= 0.6 is 12.2 Å². The smallest absolute Gasteiger partial charge is 0.169 e. The first-order valence-electron chi connectivity index (χ1n) is 7.00. The van der Waals surface area contributed by atoms with Crippen molar-refractivity contribution in [1.29, 1.82) is 0 Å². The molecule has 4 nitrogen and oxygen atoms in total. The zero-order valence-electron chi connectivity index (χ0n) is 11.5. The zero-order chi connectivity index (χ0) is 13.0. The van der Waals surface area contributed by atoms with Crippen LogP contribution < -0.4 is 5.32 Å². The Balaban J connectivity index is 1.78. The van der Waals surface area contributed by atoms with Gasteiger partial charge in [0.15, 0.2) is 5.11 Å². The first kappa shape index (κ1) is 14.0. The average molecular weight is 271 g/mol. The number of methoxy groups -OCH3 is 1. The molecule has 2 saturated heterocycles. The molecule has 5 heteroatoms. The van der Waals surface area contributed by atoms with Crippen molar-refractivity contribution >= 4 is 17.3 Å². The van der Waals surface area contributed by atoms with Crippen LogP contribution in [0.1, 0.15) is 26.2 Å². The summed E-state index contributed by atoms with van der Waals surface area (Å²) >= 11 is 5.52. The van der Waals surface area contributed by atoms with Crippen LogP contribution in [-0.4, -0.2) is 66.9 Å². The van der Waals surface area contributed by atoms with Crippen molar-refractivity contribution in [2.45, 2.75) is 38.3 Å². The van der Waals surface area contributed by atoms with Gasteiger partial charge in [0, 0.05) is 45.4 Å². The minimum Gasteiger partial charge on any atom is -0.385 e. The van der Waals surface area contributed by atoms with Crippen molar-refractivity contribution in [2.75, 3.05) is 39.9 Å². The predicted octanol–water partition coefficient (Wildman–Crippen LogP) is 1.07. The van der Waals surface area contributed by atoms with Gasteiger partial charge >= 0.3 is 0 Å². The molecule has 0 spiro atoms. The van der Waals surface area contributed by atoms with Crippen LogP contribution in [-0.2, 0) is 4.74 Å². The molecule has 1 N–H and O–H groups in total. The van der Waals surface area contributed by atoms with Crippen LogP contribution in [0, 0.1) is 0 Å². The molecule has 2 unspecified atom stereocenters. The summed E-state index contributed by atoms with van der Waals surface area (Å²) in [7, 11) is 1.74. The van der Waals surface area contributed by atoms with Crippen molar-refractivity contribution in [3.05, 3.63) is 0 Å². The number of nitrogens with zero attached hydrogens (tertiary/aromatic N) is 2. The average Bonchev–Trinajstić information content (AvgIpc) is 2.80. The highest BCUT2D eigenvalue weighted by atomic mass is 32.1. The summed E-state index contributed by atoms with van der Waals surface area (Å²) in [4.78, 5) is 4.99. The third kappa shape index (κ3) is 3.33. The second kappa shape index (κ2) is 6.68. The number of hydrogen-bond donors (Lipinski definition) is 1. The minimum absolute atomic E-state index is 0.529. The molecular weight excluding hydrogens is 246 g/mol. The zero-order valence-corrected chi connectivity index (χ0v) is 12.3. The maximum atomic E-state index is 5.52. The quantitative estimate of drug-likeness (QED) is 0.610. The number of fused-ring (bicyclic) bond motifs is 1. The standard InChI is InChI=1S/C13H25N3OS/c1-11-9-15-7-3-5-12(15)10-16(11)13(18)14-6-4-8-17-2/h11-12H,3-10H2,1-2H3,(H,14,18). The van der Waals surface area contributed by atoms with E-state index in [9.17, 15) is 0 Å². The molecule has 2 rings (SSSR count). The van der Waals surface area contributed by atoms with E-state index in [-0.39, 0.29) is 0 Å². The molecule has 2 aliphatic heterocycles. The van der Waals surface area contributed by atoms with E-state index in [2.05, 4.69) is 22.0 Å². The summed E-state index contributed by atoms with van der Waals surface area (Å²) in [6.07, 6.45) is 3.68. The Hall–Kier alpha value is -0.390. The Morgan fingerprint density at radius 3 is 3.06 bits per heavy atom. The molecule has 2 atom stereocenters. The first-order valence-corrected chi connectivity index (χ1v) is 7.40. The molecule has 0 aromatic carbocycles. The SMILES string of the molecule is COCCCNC(=S)N1CC2CCCN2CC1C. The van der Waals surface area contributed by atoms with Crippen LogP contribution in [0.15, 0.2) is 0 Å². The number of piperazine rings is 1. The van der Waals surface area contributed by atoms with Gasteiger partial charge < -0.3 is 15.0 Å². The summed E-state index contributed by atoms with van der Waals surface area (Å²) in [6.45, 7) is 7.50. The maximum absolute atomic E-state index is 5.52. The number of hydrogen-bond acceptors (Lipinski definition) is 3. The van der Waals surface area contributed by atoms with E-state index in [0.29, 0.717) is 6.04 Å². The lowest BCUT2D eigenvalue weighted by Crippen LogP contribution is -2.58. The molecular formula is C13H25N3OS. The molecule has 0 saturated carbocycles. The van der Waals surface area contributed by atoms with Gasteiger partial charge in [-0.3, -0.25) is 4.90 Å². The van der Waals surface area contributed by atoms with E-state index < -0.39 is 0 Å². The molecule has 18 heavy (non-hydrogen) atoms. The Kier molecular flexibility index (Phi) is 5.21. The number of thiocarbonyl (C=S) groups is 1. The van der Waals surface area contributed by atoms with Gasteiger partial charge in [-0.1, -0.05) is 0 Å². The predicted molar refractivity (Wildman–Crippen MR) is 77.9 cm³/mol. The summed E-state index contributed by atoms with van der Waals surface area (Å²) in [6, 6.07) is 1.25. The lowest BCUT2D eigenvalue weighted by molar-refractivity contribution is 0.108. The summed E-state index contributed by atoms with van der Waals surface area (Å²) in [5.74, 6) is 0. The maximum Gasteiger partial charge on any atom is 0.169 e. The van der Waals surface area contributed by atoms with E-state index in [1.54, 1.807) is 7.11 Å². The molecule has 0 radical (unpaired) electrons. The van der Waals surface area contributed by atoms with Crippen molar-refractivity contribution in [3.63, 3.8) is 0 Å². The first-order chi connectivity index (χ1) is 8.72. The third-order valence-corrected chi connectivity index (χ3v) is 4.38. The largest absolute Gasteiger partial charge is 0.385 e. The van der Waals surface area contributed by atoms with Crippen molar-refractivity contribution in [2.24, 2.45) is 0 Å². The lowest BCUT2D eigenvalue weighted by atomic mass is 10.1.